The molecule has 28 heavy (non-hydrogen) atoms. The van der Waals surface area contributed by atoms with Gasteiger partial charge in [-0.1, -0.05) is 30.3 Å². The predicted molar refractivity (Wildman–Crippen MR) is 109 cm³/mol. The molecule has 0 aliphatic heterocycles. The van der Waals surface area contributed by atoms with Gasteiger partial charge in [0.15, 0.2) is 0 Å². The van der Waals surface area contributed by atoms with Crippen molar-refractivity contribution in [1.82, 2.24) is 5.32 Å². The van der Waals surface area contributed by atoms with Crippen molar-refractivity contribution in [2.75, 3.05) is 7.11 Å². The molecule has 6 heteroatoms. The van der Waals surface area contributed by atoms with E-state index in [1.807, 2.05) is 30.3 Å². The molecule has 0 saturated carbocycles. The topological polar surface area (TPSA) is 73.9 Å². The Morgan fingerprint density at radius 1 is 1.00 bits per heavy atom. The summed E-state index contributed by atoms with van der Waals surface area (Å²) in [5, 5.41) is 2.86. The van der Waals surface area contributed by atoms with Gasteiger partial charge in [0.05, 0.1) is 12.1 Å². The fourth-order valence-electron chi connectivity index (χ4n) is 2.46. The lowest BCUT2D eigenvalue weighted by molar-refractivity contribution is -0.148. The standard InChI is InChI=1S/C22H33NO5/c1-21(2,3)27-19(24)14-13-18(26-7)17(15-16-11-9-8-10-12-16)23-20(25)28-22(4,5)6/h8-14,17-18H,15H2,1-7H3,(H,23,25)/b14-13-/t17-,18-/m0/s1. The third kappa shape index (κ3) is 10.1. The number of hydrogen-bond donors (Lipinski definition) is 1. The van der Waals surface area contributed by atoms with E-state index in [0.717, 1.165) is 5.56 Å². The lowest BCUT2D eigenvalue weighted by atomic mass is 10.0. The molecule has 0 radical (unpaired) electrons. The number of carbonyl (C=O) groups is 2. The molecule has 2 atom stereocenters. The Hall–Kier alpha value is -2.34. The summed E-state index contributed by atoms with van der Waals surface area (Å²) in [5.74, 6) is -0.467. The van der Waals surface area contributed by atoms with Crippen LogP contribution >= 0.6 is 0 Å². The van der Waals surface area contributed by atoms with Crippen molar-refractivity contribution in [3.63, 3.8) is 0 Å². The van der Waals surface area contributed by atoms with E-state index in [4.69, 9.17) is 14.2 Å². The van der Waals surface area contributed by atoms with Crippen LogP contribution in [0.2, 0.25) is 0 Å². The zero-order chi connectivity index (χ0) is 21.4. The minimum absolute atomic E-state index is 0.430. The second kappa shape index (κ2) is 10.3. The van der Waals surface area contributed by atoms with Crippen LogP contribution in [-0.4, -0.2) is 42.5 Å². The zero-order valence-electron chi connectivity index (χ0n) is 17.9. The van der Waals surface area contributed by atoms with E-state index in [0.29, 0.717) is 6.42 Å². The molecule has 1 aromatic rings. The highest BCUT2D eigenvalue weighted by Gasteiger charge is 2.25. The molecule has 0 spiro atoms. The largest absolute Gasteiger partial charge is 0.457 e. The summed E-state index contributed by atoms with van der Waals surface area (Å²) in [6.07, 6.45) is 2.35. The Kier molecular flexibility index (Phi) is 8.69. The lowest BCUT2D eigenvalue weighted by Crippen LogP contribution is -2.46. The Balaban J connectivity index is 2.95. The first kappa shape index (κ1) is 23.7. The van der Waals surface area contributed by atoms with E-state index in [1.165, 1.54) is 13.2 Å². The number of esters is 1. The lowest BCUT2D eigenvalue weighted by Gasteiger charge is -2.27. The molecule has 1 aromatic carbocycles. The van der Waals surface area contributed by atoms with E-state index in [9.17, 15) is 9.59 Å². The summed E-state index contributed by atoms with van der Waals surface area (Å²) in [6, 6.07) is 9.29. The number of hydrogen-bond acceptors (Lipinski definition) is 5. The molecule has 156 valence electrons. The quantitative estimate of drug-likeness (QED) is 0.561. The molecule has 6 nitrogen and oxygen atoms in total. The average molecular weight is 392 g/mol. The van der Waals surface area contributed by atoms with Crippen molar-refractivity contribution in [2.45, 2.75) is 71.3 Å². The highest BCUT2D eigenvalue weighted by Crippen LogP contribution is 2.13. The third-order valence-electron chi connectivity index (χ3n) is 3.50. The predicted octanol–water partition coefficient (Wildman–Crippen LogP) is 4.04. The molecule has 0 heterocycles. The maximum absolute atomic E-state index is 12.3. The maximum atomic E-state index is 12.3. The third-order valence-corrected chi connectivity index (χ3v) is 3.50. The van der Waals surface area contributed by atoms with E-state index in [-0.39, 0.29) is 0 Å². The fourth-order valence-corrected chi connectivity index (χ4v) is 2.46. The fraction of sp³-hybridized carbons (Fsp3) is 0.545. The molecule has 1 N–H and O–H groups in total. The molecule has 0 aliphatic rings. The number of rotatable bonds is 7. The summed E-state index contributed by atoms with van der Waals surface area (Å²) in [6.45, 7) is 10.8. The second-order valence-corrected chi connectivity index (χ2v) is 8.54. The molecular weight excluding hydrogens is 358 g/mol. The Morgan fingerprint density at radius 3 is 2.07 bits per heavy atom. The van der Waals surface area contributed by atoms with E-state index in [1.54, 1.807) is 47.6 Å². The zero-order valence-corrected chi connectivity index (χ0v) is 17.9. The summed E-state index contributed by atoms with van der Waals surface area (Å²) < 4.78 is 16.2. The normalized spacial score (nSPS) is 14.4. The Labute approximate surface area is 168 Å². The van der Waals surface area contributed by atoms with E-state index >= 15 is 0 Å². The molecule has 0 bridgehead atoms. The van der Waals surface area contributed by atoms with Crippen LogP contribution in [0.1, 0.15) is 47.1 Å². The van der Waals surface area contributed by atoms with Gasteiger partial charge in [0.25, 0.3) is 0 Å². The minimum Gasteiger partial charge on any atom is -0.457 e. The number of ether oxygens (including phenoxy) is 3. The highest BCUT2D eigenvalue weighted by molar-refractivity contribution is 5.82. The summed E-state index contributed by atoms with van der Waals surface area (Å²) >= 11 is 0. The highest BCUT2D eigenvalue weighted by atomic mass is 16.6. The minimum atomic E-state index is -0.615. The Bertz CT molecular complexity index is 656. The number of methoxy groups -OCH3 is 1. The van der Waals surface area contributed by atoms with Crippen LogP contribution < -0.4 is 5.32 Å². The van der Waals surface area contributed by atoms with Crippen molar-refractivity contribution < 1.29 is 23.8 Å². The van der Waals surface area contributed by atoms with Crippen molar-refractivity contribution in [3.05, 3.63) is 48.0 Å². The average Bonchev–Trinajstić information content (AvgIpc) is 2.52. The first-order valence-electron chi connectivity index (χ1n) is 9.37. The van der Waals surface area contributed by atoms with Gasteiger partial charge in [-0.25, -0.2) is 9.59 Å². The first-order valence-corrected chi connectivity index (χ1v) is 9.37. The van der Waals surface area contributed by atoms with E-state index in [2.05, 4.69) is 5.32 Å². The maximum Gasteiger partial charge on any atom is 0.407 e. The second-order valence-electron chi connectivity index (χ2n) is 8.54. The van der Waals surface area contributed by atoms with Gasteiger partial charge < -0.3 is 19.5 Å². The van der Waals surface area contributed by atoms with Crippen molar-refractivity contribution in [1.29, 1.82) is 0 Å². The monoisotopic (exact) mass is 391 g/mol. The van der Waals surface area contributed by atoms with Crippen LogP contribution in [0.5, 0.6) is 0 Å². The van der Waals surface area contributed by atoms with Crippen molar-refractivity contribution in [2.24, 2.45) is 0 Å². The Morgan fingerprint density at radius 2 is 1.57 bits per heavy atom. The van der Waals surface area contributed by atoms with Crippen LogP contribution in [0.15, 0.2) is 42.5 Å². The van der Waals surface area contributed by atoms with Crippen LogP contribution in [0.4, 0.5) is 4.79 Å². The van der Waals surface area contributed by atoms with Gasteiger partial charge >= 0.3 is 12.1 Å². The number of amides is 1. The number of nitrogens with one attached hydrogen (secondary N) is 1. The SMILES string of the molecule is CO[C@@H](/C=C\C(=O)OC(C)(C)C)[C@H](Cc1ccccc1)NC(=O)OC(C)(C)C. The van der Waals surface area contributed by atoms with Crippen molar-refractivity contribution >= 4 is 12.1 Å². The number of benzene rings is 1. The van der Waals surface area contributed by atoms with Gasteiger partial charge in [0.2, 0.25) is 0 Å². The van der Waals surface area contributed by atoms with Crippen LogP contribution in [-0.2, 0) is 25.4 Å². The van der Waals surface area contributed by atoms with Gasteiger partial charge in [-0.05, 0) is 59.6 Å². The molecular formula is C22H33NO5. The van der Waals surface area contributed by atoms with Gasteiger partial charge in [0.1, 0.15) is 11.2 Å². The van der Waals surface area contributed by atoms with Gasteiger partial charge in [-0.15, -0.1) is 0 Å². The molecule has 1 amide bonds. The smallest absolute Gasteiger partial charge is 0.407 e. The molecule has 0 saturated heterocycles. The van der Waals surface area contributed by atoms with Crippen LogP contribution in [0, 0.1) is 0 Å². The summed E-state index contributed by atoms with van der Waals surface area (Å²) in [5.41, 5.74) is -0.172. The van der Waals surface area contributed by atoms with Crippen molar-refractivity contribution in [3.8, 4) is 0 Å². The van der Waals surface area contributed by atoms with Gasteiger partial charge in [-0.3, -0.25) is 0 Å². The molecule has 0 aliphatic carbocycles. The molecule has 0 aromatic heterocycles. The number of alkyl carbamates (subject to hydrolysis) is 1. The van der Waals surface area contributed by atoms with Crippen LogP contribution in [0.3, 0.4) is 0 Å². The molecule has 1 rings (SSSR count). The summed E-state index contributed by atoms with van der Waals surface area (Å²) in [7, 11) is 1.53. The van der Waals surface area contributed by atoms with Gasteiger partial charge in [-0.2, -0.15) is 0 Å². The number of carbonyl (C=O) groups excluding carboxylic acids is 2. The molecule has 0 unspecified atom stereocenters. The van der Waals surface area contributed by atoms with Crippen LogP contribution in [0.25, 0.3) is 0 Å². The summed E-state index contributed by atoms with van der Waals surface area (Å²) in [4.78, 5) is 24.3. The first-order chi connectivity index (χ1) is 12.9. The molecule has 0 fully saturated rings. The van der Waals surface area contributed by atoms with Gasteiger partial charge in [0, 0.05) is 13.2 Å². The van der Waals surface area contributed by atoms with E-state index < -0.39 is 35.4 Å².